The molecule has 182 valence electrons. The zero-order chi connectivity index (χ0) is 22.6. The molecule has 33 heavy (non-hydrogen) atoms. The van der Waals surface area contributed by atoms with Gasteiger partial charge in [0, 0.05) is 0 Å². The maximum Gasteiger partial charge on any atom is 0.1000 e. The maximum absolute atomic E-state index is 6.89. The van der Waals surface area contributed by atoms with Gasteiger partial charge in [-0.25, -0.2) is 0 Å². The first-order chi connectivity index (χ1) is 15.4. The van der Waals surface area contributed by atoms with Crippen LogP contribution in [-0.2, 0) is 14.2 Å². The van der Waals surface area contributed by atoms with Gasteiger partial charge in [-0.15, -0.1) is 0 Å². The molecule has 3 heteroatoms. The summed E-state index contributed by atoms with van der Waals surface area (Å²) in [7, 11) is 0. The molecule has 3 aliphatic heterocycles. The molecule has 3 heterocycles. The first-order valence-electron chi connectivity index (χ1n) is 14.4. The van der Waals surface area contributed by atoms with Crippen LogP contribution in [0, 0.1) is 63.6 Å². The molecule has 8 saturated carbocycles. The number of ether oxygens (including phenoxy) is 3. The Balaban J connectivity index is 1.04. The van der Waals surface area contributed by atoms with Crippen LogP contribution < -0.4 is 0 Å². The van der Waals surface area contributed by atoms with Crippen molar-refractivity contribution in [2.75, 3.05) is 13.2 Å². The molecule has 13 unspecified atom stereocenters. The lowest BCUT2D eigenvalue weighted by molar-refractivity contribution is -0.199. The Bertz CT molecular complexity index is 975. The van der Waals surface area contributed by atoms with Crippen molar-refractivity contribution >= 4 is 0 Å². The third-order valence-electron chi connectivity index (χ3n) is 15.4. The van der Waals surface area contributed by atoms with Crippen LogP contribution in [0.2, 0.25) is 0 Å². The molecule has 13 atom stereocenters. The lowest BCUT2D eigenvalue weighted by Crippen LogP contribution is -2.66. The monoisotopic (exact) mass is 452 g/mol. The fourth-order valence-corrected chi connectivity index (χ4v) is 12.9. The van der Waals surface area contributed by atoms with E-state index in [1.807, 2.05) is 0 Å². The Kier molecular flexibility index (Phi) is 3.04. The summed E-state index contributed by atoms with van der Waals surface area (Å²) in [5.41, 5.74) is 2.07. The summed E-state index contributed by atoms with van der Waals surface area (Å²) in [6.07, 6.45) is 9.71. The van der Waals surface area contributed by atoms with Crippen molar-refractivity contribution in [2.45, 2.75) is 109 Å². The van der Waals surface area contributed by atoms with Crippen molar-refractivity contribution in [1.29, 1.82) is 0 Å². The summed E-state index contributed by atoms with van der Waals surface area (Å²) < 4.78 is 19.6. The van der Waals surface area contributed by atoms with Crippen LogP contribution in [-0.4, -0.2) is 35.6 Å². The van der Waals surface area contributed by atoms with Gasteiger partial charge in [-0.1, -0.05) is 34.6 Å². The number of rotatable bonds is 3. The summed E-state index contributed by atoms with van der Waals surface area (Å²) in [6, 6.07) is 0. The Hall–Kier alpha value is -0.120. The molecule has 8 aliphatic carbocycles. The van der Waals surface area contributed by atoms with Crippen molar-refractivity contribution in [3.8, 4) is 0 Å². The first-order valence-corrected chi connectivity index (χ1v) is 14.4. The summed E-state index contributed by atoms with van der Waals surface area (Å²) in [4.78, 5) is 0. The summed E-state index contributed by atoms with van der Waals surface area (Å²) in [5.74, 6) is 6.72. The zero-order valence-corrected chi connectivity index (χ0v) is 21.7. The molecule has 3 nitrogen and oxygen atoms in total. The number of fused-ring (bicyclic) bond motifs is 4. The smallest absolute Gasteiger partial charge is 0.1000 e. The third-order valence-corrected chi connectivity index (χ3v) is 15.4. The maximum atomic E-state index is 6.89. The highest BCUT2D eigenvalue weighted by atomic mass is 16.6. The molecule has 6 bridgehead atoms. The molecule has 2 spiro atoms. The molecule has 0 N–H and O–H groups in total. The average molecular weight is 453 g/mol. The van der Waals surface area contributed by atoms with Gasteiger partial charge in [0.15, 0.2) is 0 Å². The average Bonchev–Trinajstić information content (AvgIpc) is 3.69. The second-order valence-electron chi connectivity index (χ2n) is 16.4. The molecular formula is C30H44O3. The van der Waals surface area contributed by atoms with Gasteiger partial charge in [-0.2, -0.15) is 0 Å². The summed E-state index contributed by atoms with van der Waals surface area (Å²) in [6.45, 7) is 17.3. The summed E-state index contributed by atoms with van der Waals surface area (Å²) >= 11 is 0. The van der Waals surface area contributed by atoms with Crippen LogP contribution >= 0.6 is 0 Å². The van der Waals surface area contributed by atoms with Gasteiger partial charge in [0.25, 0.3) is 0 Å². The minimum Gasteiger partial charge on any atom is -0.369 e. The van der Waals surface area contributed by atoms with E-state index in [4.69, 9.17) is 14.2 Å². The highest BCUT2D eigenvalue weighted by Gasteiger charge is 2.84. The highest BCUT2D eigenvalue weighted by Crippen LogP contribution is 2.82. The number of epoxide rings is 3. The van der Waals surface area contributed by atoms with Crippen LogP contribution in [0.1, 0.15) is 86.5 Å². The predicted molar refractivity (Wildman–Crippen MR) is 125 cm³/mol. The van der Waals surface area contributed by atoms with E-state index >= 15 is 0 Å². The van der Waals surface area contributed by atoms with Gasteiger partial charge in [0.1, 0.15) is 0 Å². The van der Waals surface area contributed by atoms with Crippen molar-refractivity contribution in [2.24, 2.45) is 63.6 Å². The third kappa shape index (κ3) is 1.85. The second kappa shape index (κ2) is 5.01. The van der Waals surface area contributed by atoms with Crippen molar-refractivity contribution in [3.63, 3.8) is 0 Å². The number of hydrogen-bond acceptors (Lipinski definition) is 3. The van der Waals surface area contributed by atoms with E-state index in [1.165, 1.54) is 44.9 Å². The molecule has 0 aromatic rings. The van der Waals surface area contributed by atoms with E-state index in [0.29, 0.717) is 16.2 Å². The highest BCUT2D eigenvalue weighted by molar-refractivity contribution is 5.32. The van der Waals surface area contributed by atoms with E-state index in [2.05, 4.69) is 41.5 Å². The minimum atomic E-state index is 0.146. The summed E-state index contributed by atoms with van der Waals surface area (Å²) in [5, 5.41) is 0. The normalized spacial score (nSPS) is 70.0. The Labute approximate surface area is 200 Å². The predicted octanol–water partition coefficient (Wildman–Crippen LogP) is 5.85. The van der Waals surface area contributed by atoms with Gasteiger partial charge in [0.2, 0.25) is 0 Å². The number of hydrogen-bond donors (Lipinski definition) is 0. The van der Waals surface area contributed by atoms with Crippen molar-refractivity contribution in [3.05, 3.63) is 0 Å². The van der Waals surface area contributed by atoms with E-state index in [0.717, 1.165) is 60.6 Å². The van der Waals surface area contributed by atoms with E-state index in [9.17, 15) is 0 Å². The molecule has 11 aliphatic rings. The van der Waals surface area contributed by atoms with Gasteiger partial charge < -0.3 is 14.2 Å². The Morgan fingerprint density at radius 2 is 1.48 bits per heavy atom. The van der Waals surface area contributed by atoms with Crippen molar-refractivity contribution in [1.82, 2.24) is 0 Å². The molecule has 0 aromatic carbocycles. The molecule has 3 saturated heterocycles. The fourth-order valence-electron chi connectivity index (χ4n) is 12.9. The topological polar surface area (TPSA) is 37.6 Å². The molecule has 0 aromatic heterocycles. The van der Waals surface area contributed by atoms with Gasteiger partial charge in [0.05, 0.1) is 35.6 Å². The molecule has 0 amide bonds. The van der Waals surface area contributed by atoms with E-state index in [-0.39, 0.29) is 22.4 Å². The van der Waals surface area contributed by atoms with Gasteiger partial charge >= 0.3 is 0 Å². The lowest BCUT2D eigenvalue weighted by Gasteiger charge is -2.67. The molecule has 0 radical (unpaired) electrons. The standard InChI is InChI=1S/C30H44O3/c1-24(2)17-9-22(24)27(6)29(11-17,33-27)13-26(5)20-10-23(26)28(14-31-28)12-19(20)18-7-16-8-21(18)30(15-32-30)25(16,3)4/h16-23H,7-15H2,1-6H3. The van der Waals surface area contributed by atoms with Crippen molar-refractivity contribution < 1.29 is 14.2 Å². The molecule has 11 fully saturated rings. The fraction of sp³-hybridized carbons (Fsp3) is 1.00. The largest absolute Gasteiger partial charge is 0.369 e. The minimum absolute atomic E-state index is 0.146. The van der Waals surface area contributed by atoms with E-state index < -0.39 is 0 Å². The molecule has 11 rings (SSSR count). The van der Waals surface area contributed by atoms with Crippen LogP contribution in [0.5, 0.6) is 0 Å². The first kappa shape index (κ1) is 20.0. The Morgan fingerprint density at radius 3 is 2.09 bits per heavy atom. The van der Waals surface area contributed by atoms with E-state index in [1.54, 1.807) is 0 Å². The lowest BCUT2D eigenvalue weighted by atomic mass is 9.36. The van der Waals surface area contributed by atoms with Gasteiger partial charge in [-0.3, -0.25) is 0 Å². The second-order valence-corrected chi connectivity index (χ2v) is 16.4. The van der Waals surface area contributed by atoms with Crippen LogP contribution in [0.25, 0.3) is 0 Å². The SMILES string of the molecule is CC1(C)C2CC1C1(C)OC1(CC1(C)C3CC1C1(CO1)CC3C1CC3CC1C1(CO1)C3(C)C)C2. The molecular weight excluding hydrogens is 408 g/mol. The zero-order valence-electron chi connectivity index (χ0n) is 21.7. The van der Waals surface area contributed by atoms with Gasteiger partial charge in [-0.05, 0) is 115 Å². The van der Waals surface area contributed by atoms with Crippen LogP contribution in [0.4, 0.5) is 0 Å². The van der Waals surface area contributed by atoms with Crippen LogP contribution in [0.3, 0.4) is 0 Å². The van der Waals surface area contributed by atoms with Crippen LogP contribution in [0.15, 0.2) is 0 Å². The Morgan fingerprint density at radius 1 is 0.727 bits per heavy atom. The quantitative estimate of drug-likeness (QED) is 0.504.